The molecule has 0 saturated carbocycles. The summed E-state index contributed by atoms with van der Waals surface area (Å²) in [5.74, 6) is 0.559. The number of methoxy groups -OCH3 is 1. The average Bonchev–Trinajstić information content (AvgIpc) is 2.77. The highest BCUT2D eigenvalue weighted by Gasteiger charge is 2.23. The molecular formula is C28H38N2O3. The van der Waals surface area contributed by atoms with E-state index in [0.29, 0.717) is 17.7 Å². The molecule has 0 aliphatic rings. The molecule has 0 aromatic heterocycles. The third kappa shape index (κ3) is 7.33. The van der Waals surface area contributed by atoms with Crippen molar-refractivity contribution < 1.29 is 14.6 Å². The fourth-order valence-corrected chi connectivity index (χ4v) is 4.13. The van der Waals surface area contributed by atoms with Crippen molar-refractivity contribution in [2.24, 2.45) is 0 Å². The molecule has 0 bridgehead atoms. The van der Waals surface area contributed by atoms with E-state index in [1.807, 2.05) is 24.3 Å². The number of benzene rings is 2. The van der Waals surface area contributed by atoms with Crippen molar-refractivity contribution in [3.63, 3.8) is 0 Å². The van der Waals surface area contributed by atoms with Crippen molar-refractivity contribution in [2.75, 3.05) is 12.4 Å². The molecular weight excluding hydrogens is 412 g/mol. The zero-order valence-electron chi connectivity index (χ0n) is 20.9. The lowest BCUT2D eigenvalue weighted by atomic mass is 9.84. The Labute approximate surface area is 198 Å². The Hall–Kier alpha value is -2.84. The molecule has 2 atom stereocenters. The molecule has 0 aliphatic carbocycles. The highest BCUT2D eigenvalue weighted by molar-refractivity contribution is 5.92. The van der Waals surface area contributed by atoms with Gasteiger partial charge in [-0.2, -0.15) is 5.26 Å². The molecule has 1 amide bonds. The first-order valence-electron chi connectivity index (χ1n) is 11.8. The largest absolute Gasteiger partial charge is 0.496 e. The minimum Gasteiger partial charge on any atom is -0.496 e. The summed E-state index contributed by atoms with van der Waals surface area (Å²) in [4.78, 5) is 13.2. The molecule has 0 heterocycles. The lowest BCUT2D eigenvalue weighted by Crippen LogP contribution is -2.21. The third-order valence-electron chi connectivity index (χ3n) is 6.00. The maximum Gasteiger partial charge on any atom is 0.224 e. The van der Waals surface area contributed by atoms with Crippen LogP contribution in [-0.4, -0.2) is 18.1 Å². The zero-order chi connectivity index (χ0) is 24.6. The summed E-state index contributed by atoms with van der Waals surface area (Å²) in [5, 5.41) is 22.4. The average molecular weight is 451 g/mol. The van der Waals surface area contributed by atoms with Crippen LogP contribution in [-0.2, 0) is 10.2 Å². The molecule has 5 heteroatoms. The number of hydrogen-bond donors (Lipinski definition) is 2. The standard InChI is InChI=1S/C28H38N2O3/c1-7-8-9-10-22(23-13-11-20(18-29)15-26(23)33-6)17-27(32)30-25-16-21(19(2)31)12-14-24(25)28(3,4)5/h11-16,19,22,31H,7-10,17H2,1-6H3,(H,30,32). The second-order valence-electron chi connectivity index (χ2n) is 9.74. The Morgan fingerprint density at radius 1 is 1.18 bits per heavy atom. The minimum atomic E-state index is -0.612. The maximum absolute atomic E-state index is 13.2. The summed E-state index contributed by atoms with van der Waals surface area (Å²) >= 11 is 0. The number of nitrogens with one attached hydrogen (secondary N) is 1. The lowest BCUT2D eigenvalue weighted by molar-refractivity contribution is -0.116. The van der Waals surface area contributed by atoms with Crippen LogP contribution in [0.4, 0.5) is 5.69 Å². The molecule has 0 saturated heterocycles. The van der Waals surface area contributed by atoms with Crippen LogP contribution < -0.4 is 10.1 Å². The Bertz CT molecular complexity index is 984. The number of nitriles is 1. The van der Waals surface area contributed by atoms with Gasteiger partial charge in [-0.3, -0.25) is 4.79 Å². The summed E-state index contributed by atoms with van der Waals surface area (Å²) in [6, 6.07) is 13.4. The molecule has 2 rings (SSSR count). The molecule has 2 aromatic rings. The molecule has 2 aromatic carbocycles. The lowest BCUT2D eigenvalue weighted by Gasteiger charge is -2.25. The van der Waals surface area contributed by atoms with E-state index in [0.717, 1.165) is 48.1 Å². The van der Waals surface area contributed by atoms with Crippen LogP contribution in [0.15, 0.2) is 36.4 Å². The normalized spacial score (nSPS) is 13.2. The molecule has 0 aliphatic heterocycles. The van der Waals surface area contributed by atoms with Crippen molar-refractivity contribution in [3.05, 3.63) is 58.7 Å². The van der Waals surface area contributed by atoms with E-state index in [2.05, 4.69) is 39.1 Å². The Morgan fingerprint density at radius 2 is 1.91 bits per heavy atom. The van der Waals surface area contributed by atoms with Crippen LogP contribution >= 0.6 is 0 Å². The molecule has 2 unspecified atom stereocenters. The van der Waals surface area contributed by atoms with Crippen LogP contribution in [0.25, 0.3) is 0 Å². The highest BCUT2D eigenvalue weighted by atomic mass is 16.5. The third-order valence-corrected chi connectivity index (χ3v) is 6.00. The molecule has 33 heavy (non-hydrogen) atoms. The van der Waals surface area contributed by atoms with Gasteiger partial charge in [0.25, 0.3) is 0 Å². The van der Waals surface area contributed by atoms with Crippen molar-refractivity contribution in [1.29, 1.82) is 5.26 Å². The fraction of sp³-hybridized carbons (Fsp3) is 0.500. The van der Waals surface area contributed by atoms with Gasteiger partial charge in [-0.1, -0.05) is 65.2 Å². The van der Waals surface area contributed by atoms with Crippen molar-refractivity contribution in [2.45, 2.75) is 84.2 Å². The highest BCUT2D eigenvalue weighted by Crippen LogP contribution is 2.36. The molecule has 0 fully saturated rings. The monoisotopic (exact) mass is 450 g/mol. The smallest absolute Gasteiger partial charge is 0.224 e. The maximum atomic E-state index is 13.2. The van der Waals surface area contributed by atoms with Crippen LogP contribution in [0.2, 0.25) is 0 Å². The van der Waals surface area contributed by atoms with Gasteiger partial charge in [0.2, 0.25) is 5.91 Å². The van der Waals surface area contributed by atoms with Gasteiger partial charge in [0, 0.05) is 12.1 Å². The fourth-order valence-electron chi connectivity index (χ4n) is 4.13. The van der Waals surface area contributed by atoms with Crippen LogP contribution in [0, 0.1) is 11.3 Å². The van der Waals surface area contributed by atoms with Crippen LogP contribution in [0.5, 0.6) is 5.75 Å². The summed E-state index contributed by atoms with van der Waals surface area (Å²) in [6.45, 7) is 10.2. The van der Waals surface area contributed by atoms with E-state index < -0.39 is 6.10 Å². The quantitative estimate of drug-likeness (QED) is 0.399. The van der Waals surface area contributed by atoms with Gasteiger partial charge in [-0.05, 0) is 59.6 Å². The predicted octanol–water partition coefficient (Wildman–Crippen LogP) is 6.61. The van der Waals surface area contributed by atoms with Crippen molar-refractivity contribution >= 4 is 11.6 Å². The number of ether oxygens (including phenoxy) is 1. The predicted molar refractivity (Wildman–Crippen MR) is 134 cm³/mol. The van der Waals surface area contributed by atoms with Gasteiger partial charge < -0.3 is 15.2 Å². The van der Waals surface area contributed by atoms with Gasteiger partial charge >= 0.3 is 0 Å². The van der Waals surface area contributed by atoms with E-state index in [1.165, 1.54) is 0 Å². The van der Waals surface area contributed by atoms with Gasteiger partial charge in [0.15, 0.2) is 0 Å². The Balaban J connectivity index is 2.34. The van der Waals surface area contributed by atoms with Gasteiger partial charge in [0.05, 0.1) is 24.8 Å². The number of carbonyl (C=O) groups excluding carboxylic acids is 1. The van der Waals surface area contributed by atoms with E-state index >= 15 is 0 Å². The molecule has 0 spiro atoms. The molecule has 0 radical (unpaired) electrons. The summed E-state index contributed by atoms with van der Waals surface area (Å²) in [7, 11) is 1.60. The van der Waals surface area contributed by atoms with Gasteiger partial charge in [-0.15, -0.1) is 0 Å². The zero-order valence-corrected chi connectivity index (χ0v) is 20.9. The number of aliphatic hydroxyl groups excluding tert-OH is 1. The summed E-state index contributed by atoms with van der Waals surface area (Å²) in [6.07, 6.45) is 3.78. The number of amides is 1. The SMILES string of the molecule is CCCCCC(CC(=O)Nc1cc(C(C)O)ccc1C(C)(C)C)c1ccc(C#N)cc1OC. The number of aliphatic hydroxyl groups is 1. The van der Waals surface area contributed by atoms with Crippen molar-refractivity contribution in [1.82, 2.24) is 0 Å². The summed E-state index contributed by atoms with van der Waals surface area (Å²) < 4.78 is 5.57. The number of rotatable bonds is 10. The first kappa shape index (κ1) is 26.4. The first-order chi connectivity index (χ1) is 15.6. The van der Waals surface area contributed by atoms with Crippen LogP contribution in [0.3, 0.4) is 0 Å². The minimum absolute atomic E-state index is 0.0164. The number of carbonyl (C=O) groups is 1. The van der Waals surface area contributed by atoms with Crippen LogP contribution in [0.1, 0.15) is 101 Å². The second kappa shape index (κ2) is 11.9. The second-order valence-corrected chi connectivity index (χ2v) is 9.74. The summed E-state index contributed by atoms with van der Waals surface area (Å²) in [5.41, 5.74) is 3.88. The molecule has 2 N–H and O–H groups in total. The van der Waals surface area contributed by atoms with E-state index in [9.17, 15) is 15.2 Å². The van der Waals surface area contributed by atoms with E-state index in [1.54, 1.807) is 26.2 Å². The first-order valence-corrected chi connectivity index (χ1v) is 11.8. The van der Waals surface area contributed by atoms with Gasteiger partial charge in [-0.25, -0.2) is 0 Å². The number of anilines is 1. The number of nitrogens with zero attached hydrogens (tertiary/aromatic N) is 1. The number of hydrogen-bond acceptors (Lipinski definition) is 4. The number of unbranched alkanes of at least 4 members (excludes halogenated alkanes) is 2. The topological polar surface area (TPSA) is 82.4 Å². The Kier molecular flexibility index (Phi) is 9.49. The van der Waals surface area contributed by atoms with Gasteiger partial charge in [0.1, 0.15) is 5.75 Å². The molecule has 178 valence electrons. The van der Waals surface area contributed by atoms with E-state index in [4.69, 9.17) is 4.74 Å². The molecule has 5 nitrogen and oxygen atoms in total. The Morgan fingerprint density at radius 3 is 2.48 bits per heavy atom. The van der Waals surface area contributed by atoms with Crippen molar-refractivity contribution in [3.8, 4) is 11.8 Å². The van der Waals surface area contributed by atoms with E-state index in [-0.39, 0.29) is 17.2 Å².